The van der Waals surface area contributed by atoms with E-state index in [-0.39, 0.29) is 6.10 Å². The van der Waals surface area contributed by atoms with Crippen LogP contribution in [0, 0.1) is 0 Å². The van der Waals surface area contributed by atoms with Gasteiger partial charge in [-0.2, -0.15) is 0 Å². The van der Waals surface area contributed by atoms with Gasteiger partial charge in [0.2, 0.25) is 0 Å². The fourth-order valence-electron chi connectivity index (χ4n) is 3.32. The first-order valence-electron chi connectivity index (χ1n) is 8.57. The van der Waals surface area contributed by atoms with Crippen LogP contribution in [-0.2, 0) is 17.6 Å². The van der Waals surface area contributed by atoms with E-state index in [1.807, 2.05) is 0 Å². The number of nitrogens with one attached hydrogen (secondary N) is 1. The van der Waals surface area contributed by atoms with Crippen molar-refractivity contribution in [2.24, 2.45) is 0 Å². The second-order valence-electron chi connectivity index (χ2n) is 6.36. The third-order valence-corrected chi connectivity index (χ3v) is 4.51. The quantitative estimate of drug-likeness (QED) is 0.856. The summed E-state index contributed by atoms with van der Waals surface area (Å²) < 4.78 is 5.98. The van der Waals surface area contributed by atoms with E-state index < -0.39 is 0 Å². The molecule has 3 rings (SSSR count). The summed E-state index contributed by atoms with van der Waals surface area (Å²) in [5.41, 5.74) is 2.62. The van der Waals surface area contributed by atoms with E-state index in [1.54, 1.807) is 0 Å². The third-order valence-electron chi connectivity index (χ3n) is 4.51. The topological polar surface area (TPSA) is 47.0 Å². The molecule has 116 valence electrons. The number of hydrogen-bond donors (Lipinski definition) is 1. The fourth-order valence-corrected chi connectivity index (χ4v) is 3.32. The summed E-state index contributed by atoms with van der Waals surface area (Å²) in [6, 6.07) is 0. The molecule has 0 radical (unpaired) electrons. The number of fused-ring (bicyclic) bond motifs is 1. The second-order valence-corrected chi connectivity index (χ2v) is 6.36. The molecule has 4 nitrogen and oxygen atoms in total. The van der Waals surface area contributed by atoms with E-state index in [2.05, 4.69) is 19.2 Å². The van der Waals surface area contributed by atoms with Crippen LogP contribution in [0.3, 0.4) is 0 Å². The highest BCUT2D eigenvalue weighted by atomic mass is 16.5. The summed E-state index contributed by atoms with van der Waals surface area (Å²) in [6.45, 7) is 5.31. The first-order valence-corrected chi connectivity index (χ1v) is 8.57. The Morgan fingerprint density at radius 2 is 2.00 bits per heavy atom. The van der Waals surface area contributed by atoms with Gasteiger partial charge in [0.25, 0.3) is 0 Å². The second kappa shape index (κ2) is 6.73. The smallest absolute Gasteiger partial charge is 0.159 e. The summed E-state index contributed by atoms with van der Waals surface area (Å²) in [7, 11) is 0. The van der Waals surface area contributed by atoms with Gasteiger partial charge in [0.15, 0.2) is 5.82 Å². The standard InChI is InChI=1S/C17H27N3O/c1-3-11-18-16-13-7-5-4-6-8-14(13)19-17(20-16)15-10-9-12(2)21-15/h12,15H,3-11H2,1-2H3,(H,18,19,20). The molecule has 4 heteroatoms. The largest absolute Gasteiger partial charge is 0.370 e. The van der Waals surface area contributed by atoms with E-state index in [1.165, 1.54) is 30.5 Å². The molecule has 1 N–H and O–H groups in total. The Morgan fingerprint density at radius 3 is 2.76 bits per heavy atom. The molecule has 0 spiro atoms. The zero-order chi connectivity index (χ0) is 14.7. The van der Waals surface area contributed by atoms with Crippen LogP contribution >= 0.6 is 0 Å². The number of anilines is 1. The van der Waals surface area contributed by atoms with E-state index >= 15 is 0 Å². The maximum atomic E-state index is 5.98. The summed E-state index contributed by atoms with van der Waals surface area (Å²) in [5.74, 6) is 1.97. The first-order chi connectivity index (χ1) is 10.3. The molecule has 1 aromatic rings. The van der Waals surface area contributed by atoms with Crippen molar-refractivity contribution >= 4 is 5.82 Å². The molecule has 21 heavy (non-hydrogen) atoms. The van der Waals surface area contributed by atoms with E-state index in [4.69, 9.17) is 14.7 Å². The van der Waals surface area contributed by atoms with Crippen molar-refractivity contribution in [2.75, 3.05) is 11.9 Å². The normalized spacial score (nSPS) is 25.4. The van der Waals surface area contributed by atoms with Crippen molar-refractivity contribution in [1.29, 1.82) is 0 Å². The van der Waals surface area contributed by atoms with E-state index in [0.717, 1.165) is 50.3 Å². The number of aromatic nitrogens is 2. The van der Waals surface area contributed by atoms with Gasteiger partial charge >= 0.3 is 0 Å². The van der Waals surface area contributed by atoms with Crippen LogP contribution in [0.5, 0.6) is 0 Å². The lowest BCUT2D eigenvalue weighted by atomic mass is 10.1. The lowest BCUT2D eigenvalue weighted by Gasteiger charge is -2.17. The number of nitrogens with zero attached hydrogens (tertiary/aromatic N) is 2. The van der Waals surface area contributed by atoms with Gasteiger partial charge in [-0.1, -0.05) is 13.3 Å². The average Bonchev–Trinajstić information content (AvgIpc) is 2.78. The monoisotopic (exact) mass is 289 g/mol. The van der Waals surface area contributed by atoms with Crippen LogP contribution < -0.4 is 5.32 Å². The van der Waals surface area contributed by atoms with Crippen molar-refractivity contribution in [2.45, 2.75) is 77.4 Å². The van der Waals surface area contributed by atoms with Crippen molar-refractivity contribution < 1.29 is 4.74 Å². The average molecular weight is 289 g/mol. The van der Waals surface area contributed by atoms with Gasteiger partial charge in [0.05, 0.1) is 6.10 Å². The molecule has 2 atom stereocenters. The predicted molar refractivity (Wildman–Crippen MR) is 84.6 cm³/mol. The number of hydrogen-bond acceptors (Lipinski definition) is 4. The molecule has 1 saturated heterocycles. The Kier molecular flexibility index (Phi) is 4.73. The highest BCUT2D eigenvalue weighted by Gasteiger charge is 2.27. The highest BCUT2D eigenvalue weighted by Crippen LogP contribution is 2.33. The molecule has 0 bridgehead atoms. The molecular formula is C17H27N3O. The minimum absolute atomic E-state index is 0.0933. The molecule has 0 amide bonds. The minimum Gasteiger partial charge on any atom is -0.370 e. The number of ether oxygens (including phenoxy) is 1. The van der Waals surface area contributed by atoms with Gasteiger partial charge in [0, 0.05) is 17.8 Å². The van der Waals surface area contributed by atoms with Gasteiger partial charge in [-0.15, -0.1) is 0 Å². The maximum Gasteiger partial charge on any atom is 0.159 e. The minimum atomic E-state index is 0.0933. The van der Waals surface area contributed by atoms with Crippen molar-refractivity contribution in [3.05, 3.63) is 17.1 Å². The Hall–Kier alpha value is -1.16. The lowest BCUT2D eigenvalue weighted by Crippen LogP contribution is -2.14. The Morgan fingerprint density at radius 1 is 1.14 bits per heavy atom. The van der Waals surface area contributed by atoms with Crippen LogP contribution in [0.1, 0.15) is 75.6 Å². The van der Waals surface area contributed by atoms with Crippen LogP contribution in [0.2, 0.25) is 0 Å². The molecule has 0 saturated carbocycles. The van der Waals surface area contributed by atoms with Gasteiger partial charge in [-0.05, 0) is 51.9 Å². The van der Waals surface area contributed by atoms with Crippen molar-refractivity contribution in [3.8, 4) is 0 Å². The Labute approximate surface area is 127 Å². The highest BCUT2D eigenvalue weighted by molar-refractivity contribution is 5.47. The molecule has 0 aromatic carbocycles. The van der Waals surface area contributed by atoms with Crippen LogP contribution in [0.15, 0.2) is 0 Å². The van der Waals surface area contributed by atoms with Crippen LogP contribution in [-0.4, -0.2) is 22.6 Å². The fraction of sp³-hybridized carbons (Fsp3) is 0.765. The summed E-state index contributed by atoms with van der Waals surface area (Å²) in [5, 5.41) is 3.52. The van der Waals surface area contributed by atoms with Crippen molar-refractivity contribution in [1.82, 2.24) is 9.97 Å². The van der Waals surface area contributed by atoms with Crippen molar-refractivity contribution in [3.63, 3.8) is 0 Å². The third kappa shape index (κ3) is 3.37. The van der Waals surface area contributed by atoms with Gasteiger partial charge < -0.3 is 10.1 Å². The molecule has 1 aliphatic carbocycles. The van der Waals surface area contributed by atoms with Gasteiger partial charge in [0.1, 0.15) is 11.9 Å². The summed E-state index contributed by atoms with van der Waals surface area (Å²) >= 11 is 0. The SMILES string of the molecule is CCCNc1nc(C2CCC(C)O2)nc2c1CCCCC2. The van der Waals surface area contributed by atoms with E-state index in [9.17, 15) is 0 Å². The summed E-state index contributed by atoms with van der Waals surface area (Å²) in [6.07, 6.45) is 9.72. The van der Waals surface area contributed by atoms with Crippen LogP contribution in [0.25, 0.3) is 0 Å². The van der Waals surface area contributed by atoms with Gasteiger partial charge in [-0.3, -0.25) is 0 Å². The van der Waals surface area contributed by atoms with Crippen LogP contribution in [0.4, 0.5) is 5.82 Å². The molecular weight excluding hydrogens is 262 g/mol. The maximum absolute atomic E-state index is 5.98. The molecule has 2 heterocycles. The first kappa shape index (κ1) is 14.8. The van der Waals surface area contributed by atoms with E-state index in [0.29, 0.717) is 6.10 Å². The lowest BCUT2D eigenvalue weighted by molar-refractivity contribution is 0.0502. The molecule has 1 aromatic heterocycles. The molecule has 2 unspecified atom stereocenters. The molecule has 1 fully saturated rings. The predicted octanol–water partition coefficient (Wildman–Crippen LogP) is 3.81. The Bertz CT molecular complexity index is 489. The molecule has 2 aliphatic rings. The number of rotatable bonds is 4. The van der Waals surface area contributed by atoms with Gasteiger partial charge in [-0.25, -0.2) is 9.97 Å². The number of aryl methyl sites for hydroxylation is 1. The Balaban J connectivity index is 1.92. The summed E-state index contributed by atoms with van der Waals surface area (Å²) in [4.78, 5) is 9.72. The molecule has 1 aliphatic heterocycles. The zero-order valence-electron chi connectivity index (χ0n) is 13.3. The zero-order valence-corrected chi connectivity index (χ0v) is 13.3.